The summed E-state index contributed by atoms with van der Waals surface area (Å²) in [5, 5.41) is 4.87. The predicted octanol–water partition coefficient (Wildman–Crippen LogP) is 25.8. The van der Waals surface area contributed by atoms with Crippen molar-refractivity contribution in [3.8, 4) is 55.6 Å². The maximum absolute atomic E-state index is 14.5. The fourth-order valence-electron chi connectivity index (χ4n) is 15.9. The minimum Gasteiger partial charge on any atom is -0.310 e. The predicted molar refractivity (Wildman–Crippen MR) is 405 cm³/mol. The van der Waals surface area contributed by atoms with Crippen LogP contribution in [0, 0.1) is 11.6 Å². The highest BCUT2D eigenvalue weighted by Gasteiger charge is 2.39. The summed E-state index contributed by atoms with van der Waals surface area (Å²) in [4.78, 5) is 4.47. The van der Waals surface area contributed by atoms with E-state index in [1.807, 2.05) is 24.3 Å². The first-order valence-corrected chi connectivity index (χ1v) is 33.6. The smallest absolute Gasteiger partial charge is 0.123 e. The van der Waals surface area contributed by atoms with Crippen LogP contribution in [0.5, 0.6) is 0 Å². The number of fused-ring (bicyclic) bond motifs is 11. The highest BCUT2D eigenvalue weighted by Crippen LogP contribution is 2.54. The summed E-state index contributed by atoms with van der Waals surface area (Å²) in [6.07, 6.45) is 9.05. The molecule has 0 saturated heterocycles. The summed E-state index contributed by atoms with van der Waals surface area (Å²) in [6.45, 7) is 14.1. The first kappa shape index (κ1) is 59.3. The van der Waals surface area contributed by atoms with Crippen molar-refractivity contribution in [2.75, 3.05) is 9.80 Å². The molecule has 97 heavy (non-hydrogen) atoms. The number of benzene rings is 14. The Morgan fingerprint density at radius 2 is 0.495 bits per heavy atom. The van der Waals surface area contributed by atoms with Gasteiger partial charge in [0.25, 0.3) is 0 Å². The number of hydrogen-bond donors (Lipinski definition) is 0. The van der Waals surface area contributed by atoms with Crippen molar-refractivity contribution in [2.24, 2.45) is 0 Å². The minimum atomic E-state index is -0.279. The lowest BCUT2D eigenvalue weighted by atomic mass is 9.81. The molecule has 2 nitrogen and oxygen atoms in total. The van der Waals surface area contributed by atoms with Crippen LogP contribution in [-0.2, 0) is 16.2 Å². The Kier molecular flexibility index (Phi) is 14.0. The number of rotatable bonds is 12. The Hall–Kier alpha value is -11.5. The normalized spacial score (nSPS) is 14.1. The molecule has 0 saturated carbocycles. The van der Waals surface area contributed by atoms with Crippen LogP contribution < -0.4 is 9.80 Å². The van der Waals surface area contributed by atoms with Crippen LogP contribution in [0.25, 0.3) is 101 Å². The average Bonchev–Trinajstić information content (AvgIpc) is 1.60. The second kappa shape index (κ2) is 22.9. The van der Waals surface area contributed by atoms with E-state index in [-0.39, 0.29) is 27.9 Å². The summed E-state index contributed by atoms with van der Waals surface area (Å²) < 4.78 is 29.0. The molecule has 0 heterocycles. The third kappa shape index (κ3) is 10.1. The molecule has 3 aliphatic carbocycles. The Bertz CT molecular complexity index is 5200. The van der Waals surface area contributed by atoms with E-state index in [1.165, 1.54) is 111 Å². The zero-order valence-corrected chi connectivity index (χ0v) is 55.2. The lowest BCUT2D eigenvalue weighted by molar-refractivity contribution is 0.627. The zero-order chi connectivity index (χ0) is 65.9. The lowest BCUT2D eigenvalue weighted by Crippen LogP contribution is -2.16. The number of halogens is 2. The van der Waals surface area contributed by atoms with Crippen molar-refractivity contribution in [3.05, 3.63) is 358 Å². The van der Waals surface area contributed by atoms with Gasteiger partial charge in [-0.15, -0.1) is 0 Å². The molecule has 3 aliphatic rings. The molecule has 0 aromatic heterocycles. The van der Waals surface area contributed by atoms with Crippen LogP contribution in [0.3, 0.4) is 0 Å². The molecule has 0 spiro atoms. The van der Waals surface area contributed by atoms with Gasteiger partial charge in [-0.25, -0.2) is 8.78 Å². The van der Waals surface area contributed by atoms with Gasteiger partial charge >= 0.3 is 0 Å². The number of hydrogen-bond acceptors (Lipinski definition) is 2. The van der Waals surface area contributed by atoms with Crippen LogP contribution in [0.2, 0.25) is 0 Å². The topological polar surface area (TPSA) is 6.48 Å². The van der Waals surface area contributed by atoms with Crippen LogP contribution in [0.15, 0.2) is 291 Å². The number of anilines is 6. The fraction of sp³-hybridized carbons (Fsp3) is 0.0968. The second-order valence-corrected chi connectivity index (χ2v) is 28.0. The molecule has 0 atom stereocenters. The summed E-state index contributed by atoms with van der Waals surface area (Å²) in [5.74, 6) is -0.524. The maximum Gasteiger partial charge on any atom is 0.123 e. The largest absolute Gasteiger partial charge is 0.310 e. The van der Waals surface area contributed by atoms with Gasteiger partial charge in [-0.3, -0.25) is 0 Å². The summed E-state index contributed by atoms with van der Waals surface area (Å²) in [6, 6.07) is 102. The summed E-state index contributed by atoms with van der Waals surface area (Å²) in [5.41, 5.74) is 29.7. The molecule has 466 valence electrons. The summed E-state index contributed by atoms with van der Waals surface area (Å²) >= 11 is 0. The van der Waals surface area contributed by atoms with E-state index >= 15 is 0 Å². The van der Waals surface area contributed by atoms with Gasteiger partial charge in [-0.2, -0.15) is 0 Å². The molecule has 0 fully saturated rings. The minimum absolute atomic E-state index is 0.205. The molecule has 0 bridgehead atoms. The van der Waals surface area contributed by atoms with Gasteiger partial charge < -0.3 is 9.80 Å². The van der Waals surface area contributed by atoms with E-state index in [2.05, 4.69) is 318 Å². The molecule has 0 unspecified atom stereocenters. The monoisotopic (exact) mass is 1250 g/mol. The fourth-order valence-corrected chi connectivity index (χ4v) is 15.9. The molecule has 14 aromatic carbocycles. The van der Waals surface area contributed by atoms with E-state index in [0.29, 0.717) is 0 Å². The first-order chi connectivity index (χ1) is 47.1. The van der Waals surface area contributed by atoms with E-state index in [9.17, 15) is 8.78 Å². The van der Waals surface area contributed by atoms with E-state index in [1.54, 1.807) is 24.3 Å². The van der Waals surface area contributed by atoms with Gasteiger partial charge in [0.2, 0.25) is 0 Å². The van der Waals surface area contributed by atoms with Crippen molar-refractivity contribution in [2.45, 2.75) is 57.8 Å². The molecular formula is C93H70F2N2. The molecular weight excluding hydrogens is 1180 g/mol. The second-order valence-electron chi connectivity index (χ2n) is 28.0. The molecule has 0 radical (unpaired) electrons. The molecule has 4 heteroatoms. The van der Waals surface area contributed by atoms with Gasteiger partial charge in [-0.1, -0.05) is 260 Å². The summed E-state index contributed by atoms with van der Waals surface area (Å²) in [7, 11) is 0. The molecule has 17 rings (SSSR count). The van der Waals surface area contributed by atoms with Gasteiger partial charge in [0, 0.05) is 50.4 Å². The van der Waals surface area contributed by atoms with Crippen molar-refractivity contribution in [1.29, 1.82) is 0 Å². The highest BCUT2D eigenvalue weighted by atomic mass is 19.1. The standard InChI is InChI=1S/C93H70F2N2/c1-91(2)85-53-59(21-23-61-27-49-81-83-51-45-73(57-89(83)92(3,4)87(81)55-61)96(71-41-33-67(94)34-42-71)69-37-29-65(30-38-69)77-19-11-15-63-13-7-9-17-75(63)77)25-47-79(85)80-48-26-60(54-86(80)91)22-24-62-28-50-82-84-52-46-74(58-90(84)93(5,6)88(82)56-62)97(72-43-35-68(95)36-44-72)70-39-31-66(32-40-70)78-20-12-16-64-14-8-10-18-76(64)78/h7-58H,1-6H3. The lowest BCUT2D eigenvalue weighted by Gasteiger charge is -2.28. The van der Waals surface area contributed by atoms with Crippen LogP contribution in [-0.4, -0.2) is 0 Å². The number of nitrogens with zero attached hydrogens (tertiary/aromatic N) is 2. The van der Waals surface area contributed by atoms with Crippen molar-refractivity contribution >= 4 is 80.0 Å². The van der Waals surface area contributed by atoms with Crippen LogP contribution >= 0.6 is 0 Å². The van der Waals surface area contributed by atoms with Crippen molar-refractivity contribution < 1.29 is 8.78 Å². The third-order valence-corrected chi connectivity index (χ3v) is 21.2. The quantitative estimate of drug-likeness (QED) is 0.113. The van der Waals surface area contributed by atoms with Gasteiger partial charge in [0.05, 0.1) is 0 Å². The molecule has 0 N–H and O–H groups in total. The van der Waals surface area contributed by atoms with Gasteiger partial charge in [0.15, 0.2) is 0 Å². The SMILES string of the molecule is CC1(C)c2cc(C=Cc3ccc4c(c3)C(C)(C)c3cc(N(c5ccc(F)cc5)c5ccc(-c6cccc7ccccc67)cc5)ccc3-4)ccc2-c2ccc(C=Cc3ccc4c(c3)C(C)(C)c3cc(N(c5ccc(F)cc5)c5ccc(-c6cccc7ccccc67)cc5)ccc3-4)cc21. The Labute approximate surface area is 567 Å². The van der Waals surface area contributed by atoms with Crippen LogP contribution in [0.1, 0.15) is 97.2 Å². The van der Waals surface area contributed by atoms with Crippen LogP contribution in [0.4, 0.5) is 42.9 Å². The highest BCUT2D eigenvalue weighted by molar-refractivity contribution is 5.99. The van der Waals surface area contributed by atoms with Gasteiger partial charge in [0.1, 0.15) is 11.6 Å². The third-order valence-electron chi connectivity index (χ3n) is 21.2. The van der Waals surface area contributed by atoms with Crippen molar-refractivity contribution in [3.63, 3.8) is 0 Å². The van der Waals surface area contributed by atoms with Gasteiger partial charge in [-0.05, 0) is 230 Å². The molecule has 0 aliphatic heterocycles. The van der Waals surface area contributed by atoms with E-state index < -0.39 is 0 Å². The van der Waals surface area contributed by atoms with E-state index in [0.717, 1.165) is 56.4 Å². The zero-order valence-electron chi connectivity index (χ0n) is 55.2. The Morgan fingerprint density at radius 1 is 0.237 bits per heavy atom. The van der Waals surface area contributed by atoms with E-state index in [4.69, 9.17) is 0 Å². The Morgan fingerprint density at radius 3 is 0.814 bits per heavy atom. The first-order valence-electron chi connectivity index (χ1n) is 33.6. The average molecular weight is 1250 g/mol. The maximum atomic E-state index is 14.5. The molecule has 14 aromatic rings. The molecule has 0 amide bonds. The van der Waals surface area contributed by atoms with Crippen molar-refractivity contribution in [1.82, 2.24) is 0 Å². The Balaban J connectivity index is 0.600.